The van der Waals surface area contributed by atoms with E-state index in [-0.39, 0.29) is 13.2 Å². The van der Waals surface area contributed by atoms with Crippen molar-refractivity contribution in [1.29, 1.82) is 0 Å². The number of rotatable bonds is 7. The van der Waals surface area contributed by atoms with Crippen LogP contribution in [0.2, 0.25) is 0 Å². The average molecular weight is 388 g/mol. The van der Waals surface area contributed by atoms with E-state index < -0.39 is 17.2 Å². The highest BCUT2D eigenvalue weighted by Crippen LogP contribution is 2.31. The number of para-hydroxylation sites is 1. The predicted octanol–water partition coefficient (Wildman–Crippen LogP) is 2.55. The van der Waals surface area contributed by atoms with E-state index in [1.807, 2.05) is 30.5 Å². The molecule has 0 aliphatic carbocycles. The van der Waals surface area contributed by atoms with Crippen LogP contribution < -0.4 is 0 Å². The lowest BCUT2D eigenvalue weighted by Crippen LogP contribution is -2.31. The number of aromatic amines is 1. The van der Waals surface area contributed by atoms with Crippen molar-refractivity contribution < 1.29 is 19.1 Å². The molecule has 1 N–H and O–H groups in total. The van der Waals surface area contributed by atoms with E-state index >= 15 is 0 Å². The smallest absolute Gasteiger partial charge is 0.331 e. The van der Waals surface area contributed by atoms with Gasteiger partial charge in [-0.15, -0.1) is 10.2 Å². The molecule has 9 heteroatoms. The van der Waals surface area contributed by atoms with E-state index in [0.29, 0.717) is 11.0 Å². The molecule has 2 aromatic heterocycles. The topological polar surface area (TPSA) is 99.1 Å². The van der Waals surface area contributed by atoms with Crippen LogP contribution in [0.4, 0.5) is 0 Å². The SMILES string of the molecule is CCOC(=O)C(Sc1nnc(-c2c[nH]c3ccccc23)n1C)C(=O)OCC. The number of nitrogens with one attached hydrogen (secondary N) is 1. The number of thioether (sulfide) groups is 1. The maximum atomic E-state index is 12.2. The third-order valence-corrected chi connectivity index (χ3v) is 5.08. The normalized spacial score (nSPS) is 11.1. The number of benzene rings is 1. The van der Waals surface area contributed by atoms with Gasteiger partial charge in [-0.25, -0.2) is 0 Å². The molecule has 1 aromatic carbocycles. The Hall–Kier alpha value is -2.81. The van der Waals surface area contributed by atoms with Crippen molar-refractivity contribution in [2.24, 2.45) is 7.05 Å². The first-order chi connectivity index (χ1) is 13.1. The Labute approximate surface area is 160 Å². The fraction of sp³-hybridized carbons (Fsp3) is 0.333. The Morgan fingerprint density at radius 3 is 2.48 bits per heavy atom. The molecule has 0 aliphatic rings. The summed E-state index contributed by atoms with van der Waals surface area (Å²) in [5, 5.41) is 8.67. The maximum Gasteiger partial charge on any atom is 0.331 e. The molecule has 0 atom stereocenters. The zero-order valence-corrected chi connectivity index (χ0v) is 16.1. The minimum atomic E-state index is -1.15. The quantitative estimate of drug-likeness (QED) is 0.377. The lowest BCUT2D eigenvalue weighted by Gasteiger charge is -2.13. The van der Waals surface area contributed by atoms with Crippen LogP contribution in [0.25, 0.3) is 22.3 Å². The van der Waals surface area contributed by atoms with E-state index in [4.69, 9.17) is 9.47 Å². The van der Waals surface area contributed by atoms with Crippen LogP contribution in [-0.4, -0.2) is 50.2 Å². The second-order valence-electron chi connectivity index (χ2n) is 5.62. The van der Waals surface area contributed by atoms with Crippen molar-refractivity contribution in [1.82, 2.24) is 19.7 Å². The Morgan fingerprint density at radius 1 is 1.15 bits per heavy atom. The van der Waals surface area contributed by atoms with Gasteiger partial charge in [-0.1, -0.05) is 30.0 Å². The number of ether oxygens (including phenoxy) is 2. The zero-order chi connectivity index (χ0) is 19.4. The highest BCUT2D eigenvalue weighted by Gasteiger charge is 2.33. The average Bonchev–Trinajstić information content (AvgIpc) is 3.23. The summed E-state index contributed by atoms with van der Waals surface area (Å²) in [6, 6.07) is 7.86. The first kappa shape index (κ1) is 19.0. The molecule has 142 valence electrons. The Kier molecular flexibility index (Phi) is 5.80. The van der Waals surface area contributed by atoms with Crippen molar-refractivity contribution in [2.75, 3.05) is 13.2 Å². The van der Waals surface area contributed by atoms with Crippen molar-refractivity contribution >= 4 is 34.6 Å². The summed E-state index contributed by atoms with van der Waals surface area (Å²) in [6.45, 7) is 3.72. The van der Waals surface area contributed by atoms with E-state index in [1.54, 1.807) is 25.5 Å². The summed E-state index contributed by atoms with van der Waals surface area (Å²) in [5.41, 5.74) is 1.87. The number of fused-ring (bicyclic) bond motifs is 1. The molecule has 3 rings (SSSR count). The van der Waals surface area contributed by atoms with Gasteiger partial charge in [0.15, 0.2) is 11.0 Å². The molecule has 0 fully saturated rings. The summed E-state index contributed by atoms with van der Waals surface area (Å²) in [6.07, 6.45) is 1.86. The number of hydrogen-bond acceptors (Lipinski definition) is 7. The van der Waals surface area contributed by atoms with Gasteiger partial charge in [-0.2, -0.15) is 0 Å². The number of carbonyl (C=O) groups is 2. The lowest BCUT2D eigenvalue weighted by atomic mass is 10.1. The molecule has 0 radical (unpaired) electrons. The largest absolute Gasteiger partial charge is 0.465 e. The molecule has 0 spiro atoms. The fourth-order valence-electron chi connectivity index (χ4n) is 2.64. The Balaban J connectivity index is 1.91. The maximum absolute atomic E-state index is 12.2. The van der Waals surface area contributed by atoms with Crippen LogP contribution in [0, 0.1) is 0 Å². The van der Waals surface area contributed by atoms with Gasteiger partial charge in [0.2, 0.25) is 5.25 Å². The summed E-state index contributed by atoms with van der Waals surface area (Å²) in [5.74, 6) is -0.684. The number of nitrogens with zero attached hydrogens (tertiary/aromatic N) is 3. The highest BCUT2D eigenvalue weighted by atomic mass is 32.2. The zero-order valence-electron chi connectivity index (χ0n) is 15.3. The van der Waals surface area contributed by atoms with E-state index in [2.05, 4.69) is 15.2 Å². The molecule has 0 saturated heterocycles. The first-order valence-corrected chi connectivity index (χ1v) is 9.40. The second kappa shape index (κ2) is 8.26. The van der Waals surface area contributed by atoms with Gasteiger partial charge in [0.1, 0.15) is 0 Å². The lowest BCUT2D eigenvalue weighted by molar-refractivity contribution is -0.152. The molecule has 8 nitrogen and oxygen atoms in total. The molecule has 27 heavy (non-hydrogen) atoms. The Bertz CT molecular complexity index is 947. The second-order valence-corrected chi connectivity index (χ2v) is 6.69. The standard InChI is InChI=1S/C18H20N4O4S/c1-4-25-16(23)14(17(24)26-5-2)27-18-21-20-15(22(18)3)12-10-19-13-9-7-6-8-11(12)13/h6-10,14,19H,4-5H2,1-3H3. The van der Waals surface area contributed by atoms with Crippen molar-refractivity contribution in [3.63, 3.8) is 0 Å². The molecule has 3 aromatic rings. The highest BCUT2D eigenvalue weighted by molar-refractivity contribution is 8.01. The van der Waals surface area contributed by atoms with Crippen LogP contribution in [0.3, 0.4) is 0 Å². The summed E-state index contributed by atoms with van der Waals surface area (Å²) in [4.78, 5) is 27.6. The number of aromatic nitrogens is 4. The van der Waals surface area contributed by atoms with Gasteiger partial charge in [0.25, 0.3) is 0 Å². The molecule has 0 unspecified atom stereocenters. The van der Waals surface area contributed by atoms with Crippen LogP contribution >= 0.6 is 11.8 Å². The summed E-state index contributed by atoms with van der Waals surface area (Å²) >= 11 is 0.965. The van der Waals surface area contributed by atoms with Crippen LogP contribution in [0.5, 0.6) is 0 Å². The van der Waals surface area contributed by atoms with Gasteiger partial charge in [0.05, 0.1) is 13.2 Å². The van der Waals surface area contributed by atoms with Crippen LogP contribution in [0.1, 0.15) is 13.8 Å². The van der Waals surface area contributed by atoms with Gasteiger partial charge >= 0.3 is 11.9 Å². The minimum Gasteiger partial charge on any atom is -0.465 e. The molecule has 0 aliphatic heterocycles. The van der Waals surface area contributed by atoms with Gasteiger partial charge < -0.3 is 19.0 Å². The molecule has 0 saturated carbocycles. The summed E-state index contributed by atoms with van der Waals surface area (Å²) < 4.78 is 11.7. The fourth-order valence-corrected chi connectivity index (χ4v) is 3.51. The number of carbonyl (C=O) groups excluding carboxylic acids is 2. The number of H-pyrrole nitrogens is 1. The van der Waals surface area contributed by atoms with Crippen molar-refractivity contribution in [2.45, 2.75) is 24.3 Å². The van der Waals surface area contributed by atoms with E-state index in [0.717, 1.165) is 28.2 Å². The summed E-state index contributed by atoms with van der Waals surface area (Å²) in [7, 11) is 1.78. The first-order valence-electron chi connectivity index (χ1n) is 8.52. The molecular formula is C18H20N4O4S. The number of hydrogen-bond donors (Lipinski definition) is 1. The molecule has 2 heterocycles. The van der Waals surface area contributed by atoms with E-state index in [1.165, 1.54) is 0 Å². The molecular weight excluding hydrogens is 368 g/mol. The Morgan fingerprint density at radius 2 is 1.81 bits per heavy atom. The van der Waals surface area contributed by atoms with Gasteiger partial charge in [-0.3, -0.25) is 9.59 Å². The van der Waals surface area contributed by atoms with Crippen molar-refractivity contribution in [3.05, 3.63) is 30.5 Å². The van der Waals surface area contributed by atoms with Crippen LogP contribution in [-0.2, 0) is 26.1 Å². The van der Waals surface area contributed by atoms with Crippen LogP contribution in [0.15, 0.2) is 35.6 Å². The third kappa shape index (κ3) is 3.82. The third-order valence-electron chi connectivity index (χ3n) is 3.89. The molecule has 0 amide bonds. The minimum absolute atomic E-state index is 0.175. The van der Waals surface area contributed by atoms with Crippen molar-refractivity contribution in [3.8, 4) is 11.4 Å². The van der Waals surface area contributed by atoms with Gasteiger partial charge in [0, 0.05) is 29.7 Å². The predicted molar refractivity (Wildman–Crippen MR) is 101 cm³/mol. The monoisotopic (exact) mass is 388 g/mol. The number of esters is 2. The van der Waals surface area contributed by atoms with E-state index in [9.17, 15) is 9.59 Å². The molecule has 0 bridgehead atoms. The van der Waals surface area contributed by atoms with Gasteiger partial charge in [-0.05, 0) is 19.9 Å².